The Bertz CT molecular complexity index is 812. The summed E-state index contributed by atoms with van der Waals surface area (Å²) in [6.45, 7) is 19.6. The second-order valence-corrected chi connectivity index (χ2v) is 14.8. The van der Waals surface area contributed by atoms with E-state index < -0.39 is 0 Å². The highest BCUT2D eigenvalue weighted by Crippen LogP contribution is 2.76. The number of hydrogen-bond donors (Lipinski definition) is 2. The molecule has 0 bridgehead atoms. The highest BCUT2D eigenvalue weighted by molar-refractivity contribution is 5.35. The maximum absolute atomic E-state index is 11.7. The molecule has 32 heavy (non-hydrogen) atoms. The van der Waals surface area contributed by atoms with Crippen molar-refractivity contribution in [3.63, 3.8) is 0 Å². The van der Waals surface area contributed by atoms with Crippen LogP contribution in [0.15, 0.2) is 11.6 Å². The lowest BCUT2D eigenvalue weighted by Crippen LogP contribution is -2.65. The van der Waals surface area contributed by atoms with E-state index in [-0.39, 0.29) is 39.3 Å². The van der Waals surface area contributed by atoms with E-state index in [4.69, 9.17) is 0 Å². The molecule has 2 heteroatoms. The standard InChI is InChI=1S/C30H50O2/c1-18(2)19-11-14-28(6)24(32)17-30(8)20(25(19)28)9-10-22-27(5)15-13-23(31)26(3,4)21(27)12-16-29(22,30)7/h9,18-19,21-25,31-32H,10-17H2,1-8H3/t19-,21-,22+,23+,24-,25+,27-,28+,29+,30+/m0/s1. The summed E-state index contributed by atoms with van der Waals surface area (Å²) in [7, 11) is 0. The van der Waals surface area contributed by atoms with Crippen LogP contribution in [0.5, 0.6) is 0 Å². The monoisotopic (exact) mass is 442 g/mol. The molecule has 182 valence electrons. The van der Waals surface area contributed by atoms with Crippen molar-refractivity contribution in [2.45, 2.75) is 119 Å². The third-order valence-electron chi connectivity index (χ3n) is 13.2. The zero-order chi connectivity index (χ0) is 23.5. The fraction of sp³-hybridized carbons (Fsp3) is 0.933. The largest absolute Gasteiger partial charge is 0.393 e. The van der Waals surface area contributed by atoms with E-state index in [1.807, 2.05) is 0 Å². The first-order valence-corrected chi connectivity index (χ1v) is 13.8. The first-order chi connectivity index (χ1) is 14.7. The Hall–Kier alpha value is -0.340. The molecule has 0 heterocycles. The van der Waals surface area contributed by atoms with E-state index in [1.54, 1.807) is 5.57 Å². The van der Waals surface area contributed by atoms with Gasteiger partial charge in [-0.15, -0.1) is 0 Å². The molecule has 5 aliphatic carbocycles. The molecule has 2 N–H and O–H groups in total. The van der Waals surface area contributed by atoms with Crippen molar-refractivity contribution in [3.05, 3.63) is 11.6 Å². The maximum Gasteiger partial charge on any atom is 0.0608 e. The number of aliphatic hydroxyl groups is 2. The van der Waals surface area contributed by atoms with Crippen LogP contribution in [-0.2, 0) is 0 Å². The van der Waals surface area contributed by atoms with E-state index in [1.165, 1.54) is 32.1 Å². The third-order valence-corrected chi connectivity index (χ3v) is 13.2. The topological polar surface area (TPSA) is 40.5 Å². The van der Waals surface area contributed by atoms with Gasteiger partial charge in [-0.25, -0.2) is 0 Å². The summed E-state index contributed by atoms with van der Waals surface area (Å²) in [5.41, 5.74) is 2.38. The average Bonchev–Trinajstić information content (AvgIpc) is 3.05. The second kappa shape index (κ2) is 6.87. The van der Waals surface area contributed by atoms with Crippen LogP contribution in [0.25, 0.3) is 0 Å². The van der Waals surface area contributed by atoms with Gasteiger partial charge in [-0.3, -0.25) is 0 Å². The molecule has 0 saturated heterocycles. The Kier molecular flexibility index (Phi) is 5.02. The van der Waals surface area contributed by atoms with Crippen molar-refractivity contribution in [2.24, 2.45) is 56.7 Å². The molecule has 10 atom stereocenters. The second-order valence-electron chi connectivity index (χ2n) is 14.8. The minimum absolute atomic E-state index is 0.00192. The summed E-state index contributed by atoms with van der Waals surface area (Å²) in [6, 6.07) is 0. The van der Waals surface area contributed by atoms with Gasteiger partial charge in [0.1, 0.15) is 0 Å². The molecule has 0 radical (unpaired) electrons. The molecule has 4 saturated carbocycles. The van der Waals surface area contributed by atoms with E-state index in [9.17, 15) is 10.2 Å². The Morgan fingerprint density at radius 3 is 2.12 bits per heavy atom. The van der Waals surface area contributed by atoms with Gasteiger partial charge in [0.05, 0.1) is 12.2 Å². The molecule has 0 aliphatic heterocycles. The molecule has 2 nitrogen and oxygen atoms in total. The van der Waals surface area contributed by atoms with Gasteiger partial charge in [0.15, 0.2) is 0 Å². The summed E-state index contributed by atoms with van der Waals surface area (Å²) in [4.78, 5) is 0. The van der Waals surface area contributed by atoms with E-state index in [0.29, 0.717) is 29.6 Å². The minimum atomic E-state index is -0.191. The van der Waals surface area contributed by atoms with Crippen molar-refractivity contribution in [1.29, 1.82) is 0 Å². The molecule has 0 aromatic rings. The van der Waals surface area contributed by atoms with Gasteiger partial charge in [-0.2, -0.15) is 0 Å². The molecule has 0 aromatic carbocycles. The van der Waals surface area contributed by atoms with E-state index >= 15 is 0 Å². The lowest BCUT2D eigenvalue weighted by atomic mass is 9.34. The number of fused-ring (bicyclic) bond motifs is 7. The number of hydrogen-bond acceptors (Lipinski definition) is 2. The maximum atomic E-state index is 11.7. The molecule has 4 fully saturated rings. The Balaban J connectivity index is 1.61. The van der Waals surface area contributed by atoms with Crippen LogP contribution >= 0.6 is 0 Å². The summed E-state index contributed by atoms with van der Waals surface area (Å²) in [5, 5.41) is 22.6. The van der Waals surface area contributed by atoms with Crippen LogP contribution in [0.1, 0.15) is 107 Å². The quantitative estimate of drug-likeness (QED) is 0.429. The van der Waals surface area contributed by atoms with E-state index in [0.717, 1.165) is 19.3 Å². The third kappa shape index (κ3) is 2.61. The molecular weight excluding hydrogens is 392 g/mol. The number of aliphatic hydroxyl groups excluding tert-OH is 2. The average molecular weight is 443 g/mol. The lowest BCUT2D eigenvalue weighted by molar-refractivity contribution is -0.209. The Morgan fingerprint density at radius 1 is 0.812 bits per heavy atom. The number of rotatable bonds is 1. The molecule has 5 rings (SSSR count). The molecule has 0 spiro atoms. The fourth-order valence-corrected chi connectivity index (χ4v) is 10.9. The predicted molar refractivity (Wildman–Crippen MR) is 132 cm³/mol. The van der Waals surface area contributed by atoms with Crippen molar-refractivity contribution in [1.82, 2.24) is 0 Å². The summed E-state index contributed by atoms with van der Waals surface area (Å²) in [5.74, 6) is 3.16. The molecule has 0 aromatic heterocycles. The number of allylic oxidation sites excluding steroid dienone is 2. The van der Waals surface area contributed by atoms with Crippen LogP contribution in [-0.4, -0.2) is 22.4 Å². The lowest BCUT2D eigenvalue weighted by Gasteiger charge is -2.71. The fourth-order valence-electron chi connectivity index (χ4n) is 10.9. The van der Waals surface area contributed by atoms with Gasteiger partial charge in [0.2, 0.25) is 0 Å². The zero-order valence-electron chi connectivity index (χ0n) is 22.2. The molecule has 0 unspecified atom stereocenters. The first-order valence-electron chi connectivity index (χ1n) is 13.8. The van der Waals surface area contributed by atoms with Crippen LogP contribution in [0.4, 0.5) is 0 Å². The van der Waals surface area contributed by atoms with E-state index in [2.05, 4.69) is 61.5 Å². The van der Waals surface area contributed by atoms with Gasteiger partial charge in [0.25, 0.3) is 0 Å². The van der Waals surface area contributed by atoms with Crippen LogP contribution in [0.3, 0.4) is 0 Å². The first kappa shape index (κ1) is 23.4. The van der Waals surface area contributed by atoms with Crippen LogP contribution < -0.4 is 0 Å². The molecule has 0 amide bonds. The smallest absolute Gasteiger partial charge is 0.0608 e. The predicted octanol–water partition coefficient (Wildman–Crippen LogP) is 7.00. The summed E-state index contributed by atoms with van der Waals surface area (Å²) < 4.78 is 0. The highest BCUT2D eigenvalue weighted by atomic mass is 16.3. The normalized spacial score (nSPS) is 56.7. The van der Waals surface area contributed by atoms with Gasteiger partial charge in [0, 0.05) is 5.41 Å². The minimum Gasteiger partial charge on any atom is -0.393 e. The van der Waals surface area contributed by atoms with Crippen LogP contribution in [0, 0.1) is 56.7 Å². The van der Waals surface area contributed by atoms with Crippen LogP contribution in [0.2, 0.25) is 0 Å². The summed E-state index contributed by atoms with van der Waals surface area (Å²) >= 11 is 0. The van der Waals surface area contributed by atoms with Gasteiger partial charge in [-0.05, 0) is 103 Å². The molecular formula is C30H50O2. The van der Waals surface area contributed by atoms with Gasteiger partial charge in [-0.1, -0.05) is 67.0 Å². The highest BCUT2D eigenvalue weighted by Gasteiger charge is 2.69. The SMILES string of the molecule is CC(C)[C@@H]1CC[C@]2(C)[C@@H](O)C[C@]3(C)C(=CC[C@@H]4[C@@]5(C)CC[C@@H](O)C(C)(C)[C@@H]5CC[C@]43C)[C@@H]12. The zero-order valence-corrected chi connectivity index (χ0v) is 22.2. The van der Waals surface area contributed by atoms with Crippen molar-refractivity contribution >= 4 is 0 Å². The van der Waals surface area contributed by atoms with Gasteiger partial charge >= 0.3 is 0 Å². The van der Waals surface area contributed by atoms with Crippen molar-refractivity contribution in [3.8, 4) is 0 Å². The van der Waals surface area contributed by atoms with Crippen molar-refractivity contribution < 1.29 is 10.2 Å². The molecule has 5 aliphatic rings. The Morgan fingerprint density at radius 2 is 1.47 bits per heavy atom. The van der Waals surface area contributed by atoms with Crippen molar-refractivity contribution in [2.75, 3.05) is 0 Å². The summed E-state index contributed by atoms with van der Waals surface area (Å²) in [6.07, 6.45) is 11.5. The Labute approximate surface area is 197 Å². The van der Waals surface area contributed by atoms with Gasteiger partial charge < -0.3 is 10.2 Å².